The highest BCUT2D eigenvalue weighted by molar-refractivity contribution is 6.31. The maximum absolute atomic E-state index is 13.5. The van der Waals surface area contributed by atoms with Gasteiger partial charge in [0.05, 0.1) is 5.60 Å². The second-order valence-corrected chi connectivity index (χ2v) is 5.41. The van der Waals surface area contributed by atoms with Crippen molar-refractivity contribution in [2.45, 2.75) is 25.9 Å². The molecule has 2 nitrogen and oxygen atoms in total. The number of benzene rings is 1. The molecule has 1 N–H and O–H groups in total. The van der Waals surface area contributed by atoms with Crippen LogP contribution in [0, 0.1) is 5.82 Å². The van der Waals surface area contributed by atoms with E-state index in [1.54, 1.807) is 26.0 Å². The summed E-state index contributed by atoms with van der Waals surface area (Å²) in [5.41, 5.74) is -0.204. The van der Waals surface area contributed by atoms with E-state index in [1.165, 1.54) is 6.07 Å². The number of hydrogen-bond donors (Lipinski definition) is 1. The van der Waals surface area contributed by atoms with Crippen molar-refractivity contribution < 1.29 is 9.50 Å². The summed E-state index contributed by atoms with van der Waals surface area (Å²) in [7, 11) is 1.90. The first-order chi connectivity index (χ1) is 7.79. The summed E-state index contributed by atoms with van der Waals surface area (Å²) in [6.45, 7) is 4.70. The third-order valence-corrected chi connectivity index (χ3v) is 2.82. The van der Waals surface area contributed by atoms with Crippen LogP contribution in [0.4, 0.5) is 4.39 Å². The fourth-order valence-electron chi connectivity index (χ4n) is 1.81. The van der Waals surface area contributed by atoms with Crippen molar-refractivity contribution in [1.82, 2.24) is 4.90 Å². The Labute approximate surface area is 107 Å². The van der Waals surface area contributed by atoms with Crippen molar-refractivity contribution in [2.75, 3.05) is 20.1 Å². The molecule has 96 valence electrons. The van der Waals surface area contributed by atoms with E-state index in [9.17, 15) is 9.50 Å². The Balaban J connectivity index is 2.56. The lowest BCUT2D eigenvalue weighted by atomic mass is 10.1. The molecule has 0 aliphatic carbocycles. The van der Waals surface area contributed by atoms with Crippen LogP contribution in [-0.2, 0) is 6.42 Å². The molecule has 0 unspecified atom stereocenters. The van der Waals surface area contributed by atoms with Crippen LogP contribution >= 0.6 is 11.6 Å². The highest BCUT2D eigenvalue weighted by Crippen LogP contribution is 2.19. The summed E-state index contributed by atoms with van der Waals surface area (Å²) < 4.78 is 13.5. The molecule has 0 amide bonds. The normalized spacial score (nSPS) is 12.2. The Kier molecular flexibility index (Phi) is 4.92. The summed E-state index contributed by atoms with van der Waals surface area (Å²) in [4.78, 5) is 1.96. The Morgan fingerprint density at radius 2 is 2.06 bits per heavy atom. The van der Waals surface area contributed by atoms with Crippen molar-refractivity contribution in [2.24, 2.45) is 0 Å². The number of nitrogens with zero attached hydrogens (tertiary/aromatic N) is 1. The molecule has 0 heterocycles. The average molecular weight is 260 g/mol. The number of hydrogen-bond acceptors (Lipinski definition) is 2. The molecule has 17 heavy (non-hydrogen) atoms. The quantitative estimate of drug-likeness (QED) is 0.879. The van der Waals surface area contributed by atoms with Gasteiger partial charge in [-0.05, 0) is 39.4 Å². The van der Waals surface area contributed by atoms with Crippen LogP contribution in [0.5, 0.6) is 0 Å². The lowest BCUT2D eigenvalue weighted by Crippen LogP contribution is -2.37. The van der Waals surface area contributed by atoms with E-state index < -0.39 is 5.60 Å². The minimum atomic E-state index is -0.742. The summed E-state index contributed by atoms with van der Waals surface area (Å²) in [5.74, 6) is -0.269. The molecule has 1 aromatic rings. The predicted molar refractivity (Wildman–Crippen MR) is 68.9 cm³/mol. The van der Waals surface area contributed by atoms with Gasteiger partial charge in [-0.15, -0.1) is 0 Å². The molecule has 0 saturated carbocycles. The fourth-order valence-corrected chi connectivity index (χ4v) is 2.07. The first-order valence-electron chi connectivity index (χ1n) is 5.63. The molecule has 0 radical (unpaired) electrons. The van der Waals surface area contributed by atoms with Gasteiger partial charge < -0.3 is 10.0 Å². The third kappa shape index (κ3) is 5.02. The Bertz CT molecular complexity index is 356. The van der Waals surface area contributed by atoms with Gasteiger partial charge >= 0.3 is 0 Å². The molecular formula is C13H19ClFNO. The van der Waals surface area contributed by atoms with Crippen LogP contribution in [0.3, 0.4) is 0 Å². The first kappa shape index (κ1) is 14.4. The topological polar surface area (TPSA) is 23.5 Å². The predicted octanol–water partition coefficient (Wildman–Crippen LogP) is 2.72. The minimum Gasteiger partial charge on any atom is -0.389 e. The summed E-state index contributed by atoms with van der Waals surface area (Å²) in [5, 5.41) is 10.1. The lowest BCUT2D eigenvalue weighted by Gasteiger charge is -2.25. The first-order valence-corrected chi connectivity index (χ1v) is 6.01. The van der Waals surface area contributed by atoms with Gasteiger partial charge in [-0.25, -0.2) is 4.39 Å². The van der Waals surface area contributed by atoms with Gasteiger partial charge in [0.2, 0.25) is 0 Å². The molecule has 0 atom stereocenters. The zero-order valence-electron chi connectivity index (χ0n) is 10.5. The SMILES string of the molecule is CN(CCc1c(F)cccc1Cl)CC(C)(C)O. The van der Waals surface area contributed by atoms with E-state index in [0.29, 0.717) is 30.1 Å². The van der Waals surface area contributed by atoms with Crippen molar-refractivity contribution in [3.05, 3.63) is 34.6 Å². The second-order valence-electron chi connectivity index (χ2n) is 5.00. The van der Waals surface area contributed by atoms with Crippen molar-refractivity contribution in [1.29, 1.82) is 0 Å². The number of rotatable bonds is 5. The second kappa shape index (κ2) is 5.80. The Morgan fingerprint density at radius 1 is 1.41 bits per heavy atom. The van der Waals surface area contributed by atoms with Gasteiger partial charge in [-0.1, -0.05) is 17.7 Å². The van der Waals surface area contributed by atoms with Gasteiger partial charge in [-0.2, -0.15) is 0 Å². The van der Waals surface area contributed by atoms with E-state index in [-0.39, 0.29) is 5.82 Å². The molecule has 0 aromatic heterocycles. The molecule has 1 rings (SSSR count). The van der Waals surface area contributed by atoms with Crippen LogP contribution in [0.1, 0.15) is 19.4 Å². The molecule has 0 fully saturated rings. The summed E-state index contributed by atoms with van der Waals surface area (Å²) >= 11 is 5.94. The van der Waals surface area contributed by atoms with Gasteiger partial charge in [0.15, 0.2) is 0 Å². The zero-order valence-corrected chi connectivity index (χ0v) is 11.3. The summed E-state index contributed by atoms with van der Waals surface area (Å²) in [6, 6.07) is 4.70. The molecule has 0 bridgehead atoms. The summed E-state index contributed by atoms with van der Waals surface area (Å²) in [6.07, 6.45) is 0.540. The monoisotopic (exact) mass is 259 g/mol. The van der Waals surface area contributed by atoms with E-state index >= 15 is 0 Å². The van der Waals surface area contributed by atoms with Crippen LogP contribution in [0.25, 0.3) is 0 Å². The van der Waals surface area contributed by atoms with E-state index in [4.69, 9.17) is 11.6 Å². The Morgan fingerprint density at radius 3 is 2.59 bits per heavy atom. The largest absolute Gasteiger partial charge is 0.389 e. The highest BCUT2D eigenvalue weighted by Gasteiger charge is 2.16. The van der Waals surface area contributed by atoms with Crippen molar-refractivity contribution in [3.8, 4) is 0 Å². The Hall–Kier alpha value is -0.640. The maximum atomic E-state index is 13.5. The molecule has 0 spiro atoms. The minimum absolute atomic E-state index is 0.269. The standard InChI is InChI=1S/C13H19ClFNO/c1-13(2,17)9-16(3)8-7-10-11(14)5-4-6-12(10)15/h4-6,17H,7-9H2,1-3H3. The number of aliphatic hydroxyl groups is 1. The van der Waals surface area contributed by atoms with Crippen LogP contribution in [0.15, 0.2) is 18.2 Å². The molecular weight excluding hydrogens is 241 g/mol. The number of likely N-dealkylation sites (N-methyl/N-ethyl adjacent to an activating group) is 1. The molecule has 0 aliphatic rings. The van der Waals surface area contributed by atoms with Crippen LogP contribution < -0.4 is 0 Å². The van der Waals surface area contributed by atoms with Crippen LogP contribution in [0.2, 0.25) is 5.02 Å². The average Bonchev–Trinajstić information content (AvgIpc) is 2.14. The molecule has 0 saturated heterocycles. The number of halogens is 2. The van der Waals surface area contributed by atoms with E-state index in [0.717, 1.165) is 0 Å². The maximum Gasteiger partial charge on any atom is 0.127 e. The van der Waals surface area contributed by atoms with E-state index in [2.05, 4.69) is 0 Å². The van der Waals surface area contributed by atoms with Crippen molar-refractivity contribution >= 4 is 11.6 Å². The smallest absolute Gasteiger partial charge is 0.127 e. The molecule has 0 aliphatic heterocycles. The van der Waals surface area contributed by atoms with Gasteiger partial charge in [0.1, 0.15) is 5.82 Å². The fraction of sp³-hybridized carbons (Fsp3) is 0.538. The lowest BCUT2D eigenvalue weighted by molar-refractivity contribution is 0.0449. The molecule has 4 heteroatoms. The van der Waals surface area contributed by atoms with Gasteiger partial charge in [0.25, 0.3) is 0 Å². The van der Waals surface area contributed by atoms with Crippen LogP contribution in [-0.4, -0.2) is 35.7 Å². The highest BCUT2D eigenvalue weighted by atomic mass is 35.5. The third-order valence-electron chi connectivity index (χ3n) is 2.46. The molecule has 1 aromatic carbocycles. The van der Waals surface area contributed by atoms with Gasteiger partial charge in [-0.3, -0.25) is 0 Å². The van der Waals surface area contributed by atoms with Gasteiger partial charge in [0, 0.05) is 23.7 Å². The van der Waals surface area contributed by atoms with Crippen molar-refractivity contribution in [3.63, 3.8) is 0 Å². The zero-order chi connectivity index (χ0) is 13.1. The van der Waals surface area contributed by atoms with E-state index in [1.807, 2.05) is 11.9 Å².